The van der Waals surface area contributed by atoms with Gasteiger partial charge in [-0.05, 0) is 37.5 Å². The summed E-state index contributed by atoms with van der Waals surface area (Å²) in [4.78, 5) is 12.8. The van der Waals surface area contributed by atoms with Gasteiger partial charge >= 0.3 is 0 Å². The van der Waals surface area contributed by atoms with Crippen molar-refractivity contribution < 1.29 is 9.21 Å². The Bertz CT molecular complexity index is 586. The summed E-state index contributed by atoms with van der Waals surface area (Å²) in [6, 6.07) is 10.0. The van der Waals surface area contributed by atoms with Gasteiger partial charge in [0.1, 0.15) is 0 Å². The molecule has 0 aliphatic carbocycles. The van der Waals surface area contributed by atoms with Crippen LogP contribution in [0.15, 0.2) is 34.7 Å². The summed E-state index contributed by atoms with van der Waals surface area (Å²) in [5.41, 5.74) is 3.83. The molecule has 0 saturated carbocycles. The van der Waals surface area contributed by atoms with E-state index in [1.807, 2.05) is 6.07 Å². The summed E-state index contributed by atoms with van der Waals surface area (Å²) in [5.74, 6) is 1.13. The summed E-state index contributed by atoms with van der Waals surface area (Å²) in [7, 11) is 0. The number of hydrogen-bond donors (Lipinski definition) is 0. The second kappa shape index (κ2) is 4.33. The van der Waals surface area contributed by atoms with E-state index in [9.17, 15) is 4.79 Å². The molecule has 0 unspecified atom stereocenters. The van der Waals surface area contributed by atoms with E-state index >= 15 is 0 Å². The third-order valence-corrected chi connectivity index (χ3v) is 3.35. The second-order valence-corrected chi connectivity index (χ2v) is 4.68. The number of furan rings is 1. The largest absolute Gasteiger partial charge is 0.437 e. The standard InChI is InChI=1S/C15H15NO2/c1-11-4-6-14-12(9-11)3-2-8-16(14)15-7-5-13(10-17)18-15/h4-7,9-10H,2-3,8H2,1H3. The molecular weight excluding hydrogens is 226 g/mol. The van der Waals surface area contributed by atoms with Crippen LogP contribution in [0.25, 0.3) is 0 Å². The fourth-order valence-electron chi connectivity index (χ4n) is 2.51. The molecule has 3 rings (SSSR count). The number of benzene rings is 1. The van der Waals surface area contributed by atoms with Crippen LogP contribution in [0.3, 0.4) is 0 Å². The Morgan fingerprint density at radius 3 is 2.94 bits per heavy atom. The first-order valence-electron chi connectivity index (χ1n) is 6.20. The highest BCUT2D eigenvalue weighted by Gasteiger charge is 2.20. The lowest BCUT2D eigenvalue weighted by atomic mass is 10.00. The predicted molar refractivity (Wildman–Crippen MR) is 70.6 cm³/mol. The number of rotatable bonds is 2. The molecule has 0 saturated heterocycles. The van der Waals surface area contributed by atoms with Gasteiger partial charge in [-0.15, -0.1) is 0 Å². The summed E-state index contributed by atoms with van der Waals surface area (Å²) in [6.45, 7) is 3.04. The van der Waals surface area contributed by atoms with Crippen molar-refractivity contribution in [3.05, 3.63) is 47.2 Å². The molecule has 1 aliphatic heterocycles. The zero-order chi connectivity index (χ0) is 12.5. The van der Waals surface area contributed by atoms with Gasteiger partial charge in [-0.3, -0.25) is 4.79 Å². The van der Waals surface area contributed by atoms with Crippen molar-refractivity contribution >= 4 is 17.9 Å². The third kappa shape index (κ3) is 1.82. The molecule has 3 heteroatoms. The Hall–Kier alpha value is -2.03. The normalized spacial score (nSPS) is 14.4. The van der Waals surface area contributed by atoms with Gasteiger partial charge in [0.2, 0.25) is 5.88 Å². The Labute approximate surface area is 106 Å². The van der Waals surface area contributed by atoms with Gasteiger partial charge in [-0.25, -0.2) is 0 Å². The number of fused-ring (bicyclic) bond motifs is 1. The molecule has 0 amide bonds. The monoisotopic (exact) mass is 241 g/mol. The van der Waals surface area contributed by atoms with Crippen LogP contribution in [0.4, 0.5) is 11.6 Å². The Morgan fingerprint density at radius 2 is 2.17 bits per heavy atom. The first-order chi connectivity index (χ1) is 8.78. The lowest BCUT2D eigenvalue weighted by Crippen LogP contribution is -2.24. The molecule has 0 bridgehead atoms. The molecule has 2 aromatic rings. The zero-order valence-corrected chi connectivity index (χ0v) is 10.3. The number of carbonyl (C=O) groups is 1. The van der Waals surface area contributed by atoms with Crippen molar-refractivity contribution in [2.75, 3.05) is 11.4 Å². The van der Waals surface area contributed by atoms with Crippen LogP contribution in [-0.4, -0.2) is 12.8 Å². The maximum Gasteiger partial charge on any atom is 0.200 e. The lowest BCUT2D eigenvalue weighted by Gasteiger charge is -2.29. The summed E-state index contributed by atoms with van der Waals surface area (Å²) < 4.78 is 5.52. The van der Waals surface area contributed by atoms with Crippen LogP contribution in [0.2, 0.25) is 0 Å². The van der Waals surface area contributed by atoms with Crippen molar-refractivity contribution in [2.45, 2.75) is 19.8 Å². The Balaban J connectivity index is 2.02. The molecular formula is C15H15NO2. The molecule has 1 aliphatic rings. The predicted octanol–water partition coefficient (Wildman–Crippen LogP) is 3.48. The highest BCUT2D eigenvalue weighted by molar-refractivity contribution is 5.73. The smallest absolute Gasteiger partial charge is 0.200 e. The van der Waals surface area contributed by atoms with E-state index in [1.165, 1.54) is 16.8 Å². The molecule has 0 radical (unpaired) electrons. The van der Waals surface area contributed by atoms with E-state index in [0.717, 1.165) is 31.6 Å². The molecule has 18 heavy (non-hydrogen) atoms. The molecule has 1 aromatic carbocycles. The molecule has 0 N–H and O–H groups in total. The van der Waals surface area contributed by atoms with E-state index in [2.05, 4.69) is 30.0 Å². The van der Waals surface area contributed by atoms with E-state index < -0.39 is 0 Å². The summed E-state index contributed by atoms with van der Waals surface area (Å²) >= 11 is 0. The van der Waals surface area contributed by atoms with Crippen LogP contribution < -0.4 is 4.90 Å². The van der Waals surface area contributed by atoms with Gasteiger partial charge < -0.3 is 9.32 Å². The average Bonchev–Trinajstić information content (AvgIpc) is 2.86. The lowest BCUT2D eigenvalue weighted by molar-refractivity contribution is 0.110. The van der Waals surface area contributed by atoms with Gasteiger partial charge in [0.25, 0.3) is 0 Å². The van der Waals surface area contributed by atoms with Crippen LogP contribution in [-0.2, 0) is 6.42 Å². The van der Waals surface area contributed by atoms with Crippen molar-refractivity contribution in [3.8, 4) is 0 Å². The molecule has 3 nitrogen and oxygen atoms in total. The van der Waals surface area contributed by atoms with Gasteiger partial charge in [0.15, 0.2) is 12.0 Å². The SMILES string of the molecule is Cc1ccc2c(c1)CCCN2c1ccc(C=O)o1. The number of nitrogens with zero attached hydrogens (tertiary/aromatic N) is 1. The maximum absolute atomic E-state index is 10.7. The van der Waals surface area contributed by atoms with Gasteiger partial charge in [-0.2, -0.15) is 0 Å². The van der Waals surface area contributed by atoms with E-state index in [4.69, 9.17) is 4.42 Å². The number of carbonyl (C=O) groups excluding carboxylic acids is 1. The fraction of sp³-hybridized carbons (Fsp3) is 0.267. The molecule has 0 fully saturated rings. The van der Waals surface area contributed by atoms with Crippen molar-refractivity contribution in [2.24, 2.45) is 0 Å². The topological polar surface area (TPSA) is 33.5 Å². The molecule has 2 heterocycles. The molecule has 1 aromatic heterocycles. The average molecular weight is 241 g/mol. The number of aryl methyl sites for hydroxylation is 2. The van der Waals surface area contributed by atoms with Crippen LogP contribution in [0, 0.1) is 6.92 Å². The molecule has 0 spiro atoms. The number of aldehydes is 1. The minimum absolute atomic E-state index is 0.379. The van der Waals surface area contributed by atoms with Gasteiger partial charge in [-0.1, -0.05) is 17.7 Å². The summed E-state index contributed by atoms with van der Waals surface area (Å²) in [5, 5.41) is 0. The van der Waals surface area contributed by atoms with Crippen LogP contribution in [0.1, 0.15) is 28.1 Å². The minimum atomic E-state index is 0.379. The first kappa shape index (κ1) is 11.1. The van der Waals surface area contributed by atoms with Gasteiger partial charge in [0.05, 0.1) is 0 Å². The highest BCUT2D eigenvalue weighted by atomic mass is 16.4. The van der Waals surface area contributed by atoms with E-state index in [0.29, 0.717) is 5.76 Å². The van der Waals surface area contributed by atoms with Gasteiger partial charge in [0, 0.05) is 18.3 Å². The van der Waals surface area contributed by atoms with Crippen LogP contribution >= 0.6 is 0 Å². The maximum atomic E-state index is 10.7. The fourth-order valence-corrected chi connectivity index (χ4v) is 2.51. The van der Waals surface area contributed by atoms with Crippen molar-refractivity contribution in [1.29, 1.82) is 0 Å². The van der Waals surface area contributed by atoms with Crippen molar-refractivity contribution in [1.82, 2.24) is 0 Å². The van der Waals surface area contributed by atoms with Crippen LogP contribution in [0.5, 0.6) is 0 Å². The Kier molecular flexibility index (Phi) is 2.67. The van der Waals surface area contributed by atoms with E-state index in [1.54, 1.807) is 6.07 Å². The summed E-state index contributed by atoms with van der Waals surface area (Å²) in [6.07, 6.45) is 2.95. The highest BCUT2D eigenvalue weighted by Crippen LogP contribution is 2.34. The quantitative estimate of drug-likeness (QED) is 0.755. The zero-order valence-electron chi connectivity index (χ0n) is 10.3. The molecule has 92 valence electrons. The number of anilines is 2. The third-order valence-electron chi connectivity index (χ3n) is 3.35. The first-order valence-corrected chi connectivity index (χ1v) is 6.20. The number of hydrogen-bond acceptors (Lipinski definition) is 3. The second-order valence-electron chi connectivity index (χ2n) is 4.68. The molecule has 0 atom stereocenters. The Morgan fingerprint density at radius 1 is 1.28 bits per heavy atom. The minimum Gasteiger partial charge on any atom is -0.437 e. The van der Waals surface area contributed by atoms with Crippen molar-refractivity contribution in [3.63, 3.8) is 0 Å². The van der Waals surface area contributed by atoms with E-state index in [-0.39, 0.29) is 0 Å².